The molecule has 0 saturated heterocycles. The molecule has 1 saturated carbocycles. The van der Waals surface area contributed by atoms with Crippen LogP contribution in [-0.2, 0) is 0 Å². The van der Waals surface area contributed by atoms with Crippen LogP contribution >= 0.6 is 0 Å². The minimum atomic E-state index is -1.12. The lowest BCUT2D eigenvalue weighted by molar-refractivity contribution is -0.153. The molecule has 0 spiro atoms. The van der Waals surface area contributed by atoms with Crippen molar-refractivity contribution in [3.63, 3.8) is 0 Å². The van der Waals surface area contributed by atoms with Gasteiger partial charge in [-0.05, 0) is 12.8 Å². The molecule has 0 bridgehead atoms. The Bertz CT molecular complexity index is 248. The van der Waals surface area contributed by atoms with E-state index in [1.165, 1.54) is 6.42 Å². The van der Waals surface area contributed by atoms with Crippen LogP contribution in [0.1, 0.15) is 57.8 Å². The van der Waals surface area contributed by atoms with Crippen molar-refractivity contribution in [2.75, 3.05) is 26.4 Å². The quantitative estimate of drug-likeness (QED) is 0.529. The Morgan fingerprint density at radius 2 is 0.857 bits per heavy atom. The van der Waals surface area contributed by atoms with Gasteiger partial charge in [0.15, 0.2) is 0 Å². The van der Waals surface area contributed by atoms with Gasteiger partial charge in [-0.3, -0.25) is 0 Å². The molecule has 126 valence electrons. The maximum Gasteiger partial charge on any atom is 0.0740 e. The van der Waals surface area contributed by atoms with E-state index in [1.807, 2.05) is 0 Å². The molecule has 5 heteroatoms. The molecular formula is C16H32O5. The summed E-state index contributed by atoms with van der Waals surface area (Å²) < 4.78 is 0. The second-order valence-corrected chi connectivity index (χ2v) is 6.73. The molecule has 1 rings (SSSR count). The third kappa shape index (κ3) is 4.39. The van der Waals surface area contributed by atoms with E-state index in [9.17, 15) is 25.5 Å². The van der Waals surface area contributed by atoms with Crippen LogP contribution in [0.5, 0.6) is 0 Å². The van der Waals surface area contributed by atoms with Crippen molar-refractivity contribution in [2.45, 2.75) is 63.9 Å². The van der Waals surface area contributed by atoms with Gasteiger partial charge in [-0.25, -0.2) is 0 Å². The third-order valence-corrected chi connectivity index (χ3v) is 5.27. The maximum atomic E-state index is 10.8. The summed E-state index contributed by atoms with van der Waals surface area (Å²) in [7, 11) is 0. The zero-order valence-corrected chi connectivity index (χ0v) is 13.0. The van der Waals surface area contributed by atoms with E-state index in [2.05, 4.69) is 0 Å². The maximum absolute atomic E-state index is 10.8. The van der Waals surface area contributed by atoms with Crippen LogP contribution in [0.4, 0.5) is 0 Å². The first-order valence-corrected chi connectivity index (χ1v) is 8.22. The Kier molecular flexibility index (Phi) is 8.13. The van der Waals surface area contributed by atoms with Crippen molar-refractivity contribution in [2.24, 2.45) is 10.8 Å². The van der Waals surface area contributed by atoms with Crippen molar-refractivity contribution < 1.29 is 25.5 Å². The highest BCUT2D eigenvalue weighted by Crippen LogP contribution is 2.41. The molecule has 1 aliphatic rings. The smallest absolute Gasteiger partial charge is 0.0740 e. The molecule has 0 aliphatic heterocycles. The molecule has 1 aliphatic carbocycles. The summed E-state index contributed by atoms with van der Waals surface area (Å²) in [6, 6.07) is 0. The molecule has 0 aromatic carbocycles. The Morgan fingerprint density at radius 3 is 1.14 bits per heavy atom. The monoisotopic (exact) mass is 304 g/mol. The minimum absolute atomic E-state index is 0.341. The normalized spacial score (nSPS) is 25.0. The van der Waals surface area contributed by atoms with Crippen molar-refractivity contribution in [1.82, 2.24) is 0 Å². The lowest BCUT2D eigenvalue weighted by Gasteiger charge is -2.45. The topological polar surface area (TPSA) is 101 Å². The van der Waals surface area contributed by atoms with Crippen LogP contribution in [0.25, 0.3) is 0 Å². The number of rotatable bonds is 4. The summed E-state index contributed by atoms with van der Waals surface area (Å²) in [6.45, 7) is -1.36. The third-order valence-electron chi connectivity index (χ3n) is 5.27. The molecule has 0 unspecified atom stereocenters. The van der Waals surface area contributed by atoms with Crippen LogP contribution in [0, 0.1) is 10.8 Å². The van der Waals surface area contributed by atoms with Gasteiger partial charge >= 0.3 is 0 Å². The van der Waals surface area contributed by atoms with Gasteiger partial charge in [0.2, 0.25) is 0 Å². The van der Waals surface area contributed by atoms with Gasteiger partial charge in [-0.2, -0.15) is 0 Å². The van der Waals surface area contributed by atoms with Crippen LogP contribution in [0.3, 0.4) is 0 Å². The average molecular weight is 304 g/mol. The molecular weight excluding hydrogens is 272 g/mol. The molecule has 0 atom stereocenters. The molecule has 0 radical (unpaired) electrons. The van der Waals surface area contributed by atoms with Gasteiger partial charge in [0.25, 0.3) is 0 Å². The van der Waals surface area contributed by atoms with Crippen molar-refractivity contribution in [1.29, 1.82) is 0 Å². The Morgan fingerprint density at radius 1 is 0.571 bits per heavy atom. The minimum Gasteiger partial charge on any atom is -0.396 e. The summed E-state index contributed by atoms with van der Waals surface area (Å²) in [6.07, 6.45) is 7.00. The first-order valence-electron chi connectivity index (χ1n) is 8.22. The number of aliphatic hydroxyl groups is 5. The summed E-state index contributed by atoms with van der Waals surface area (Å²) in [5.74, 6) is 0. The second kappa shape index (κ2) is 9.06. The average Bonchev–Trinajstić information content (AvgIpc) is 2.52. The van der Waals surface area contributed by atoms with Crippen LogP contribution in [-0.4, -0.2) is 58.1 Å². The van der Waals surface area contributed by atoms with Crippen molar-refractivity contribution in [3.8, 4) is 0 Å². The fourth-order valence-electron chi connectivity index (χ4n) is 3.52. The molecule has 21 heavy (non-hydrogen) atoms. The van der Waals surface area contributed by atoms with E-state index in [-0.39, 0.29) is 26.4 Å². The Labute approximate surface area is 127 Å². The van der Waals surface area contributed by atoms with Crippen LogP contribution in [0.15, 0.2) is 0 Å². The van der Waals surface area contributed by atoms with E-state index in [0.29, 0.717) is 12.8 Å². The highest BCUT2D eigenvalue weighted by molar-refractivity contribution is 4.97. The fraction of sp³-hybridized carbons (Fsp3) is 1.00. The molecule has 0 aromatic rings. The second-order valence-electron chi connectivity index (χ2n) is 6.73. The molecule has 5 nitrogen and oxygen atoms in total. The van der Waals surface area contributed by atoms with Crippen LogP contribution in [0.2, 0.25) is 0 Å². The van der Waals surface area contributed by atoms with Gasteiger partial charge in [-0.1, -0.05) is 44.9 Å². The summed E-state index contributed by atoms with van der Waals surface area (Å²) in [5.41, 5.74) is -2.10. The van der Waals surface area contributed by atoms with Crippen molar-refractivity contribution >= 4 is 0 Å². The number of hydrogen-bond acceptors (Lipinski definition) is 5. The highest BCUT2D eigenvalue weighted by atomic mass is 16.3. The largest absolute Gasteiger partial charge is 0.396 e. The SMILES string of the molecule is OCC1(CO)CCCCCCCCCC(CO)(CO)C1O. The standard InChI is InChI=1S/C16H32O5/c17-10-15(11-18)8-6-4-2-1-3-5-7-9-16(12-19,13-20)14(15)21/h14,17-21H,1-13H2. The highest BCUT2D eigenvalue weighted by Gasteiger charge is 2.49. The molecule has 0 heterocycles. The lowest BCUT2D eigenvalue weighted by atomic mass is 9.65. The zero-order valence-electron chi connectivity index (χ0n) is 13.0. The van der Waals surface area contributed by atoms with Gasteiger partial charge in [-0.15, -0.1) is 0 Å². The first kappa shape index (κ1) is 18.8. The zero-order chi connectivity index (χ0) is 15.8. The Balaban J connectivity index is 3.01. The van der Waals surface area contributed by atoms with E-state index in [1.54, 1.807) is 0 Å². The molecule has 0 amide bonds. The summed E-state index contributed by atoms with van der Waals surface area (Å²) in [4.78, 5) is 0. The van der Waals surface area contributed by atoms with Crippen LogP contribution < -0.4 is 0 Å². The molecule has 0 aromatic heterocycles. The molecule has 5 N–H and O–H groups in total. The van der Waals surface area contributed by atoms with E-state index >= 15 is 0 Å². The van der Waals surface area contributed by atoms with Gasteiger partial charge < -0.3 is 25.5 Å². The molecule has 1 fully saturated rings. The fourth-order valence-corrected chi connectivity index (χ4v) is 3.52. The number of hydrogen-bond donors (Lipinski definition) is 5. The van der Waals surface area contributed by atoms with Gasteiger partial charge in [0, 0.05) is 10.8 Å². The van der Waals surface area contributed by atoms with E-state index in [0.717, 1.165) is 38.5 Å². The van der Waals surface area contributed by atoms with Crippen molar-refractivity contribution in [3.05, 3.63) is 0 Å². The number of aliphatic hydroxyl groups excluding tert-OH is 5. The summed E-state index contributed by atoms with van der Waals surface area (Å²) >= 11 is 0. The Hall–Kier alpha value is -0.200. The predicted molar refractivity (Wildman–Crippen MR) is 80.8 cm³/mol. The predicted octanol–water partition coefficient (Wildman–Crippen LogP) is 0.814. The van der Waals surface area contributed by atoms with E-state index in [4.69, 9.17) is 0 Å². The first-order chi connectivity index (χ1) is 10.1. The van der Waals surface area contributed by atoms with Gasteiger partial charge in [0.1, 0.15) is 0 Å². The van der Waals surface area contributed by atoms with E-state index < -0.39 is 16.9 Å². The van der Waals surface area contributed by atoms with Gasteiger partial charge in [0.05, 0.1) is 32.5 Å². The lowest BCUT2D eigenvalue weighted by Crippen LogP contribution is -2.55. The summed E-state index contributed by atoms with van der Waals surface area (Å²) in [5, 5.41) is 49.8.